The summed E-state index contributed by atoms with van der Waals surface area (Å²) >= 11 is 1.86. The molecule has 2 rings (SSSR count). The Bertz CT molecular complexity index is 572. The highest BCUT2D eigenvalue weighted by atomic mass is 32.2. The molecule has 0 bridgehead atoms. The van der Waals surface area contributed by atoms with E-state index in [4.69, 9.17) is 4.42 Å². The Hall–Kier alpha value is -0.960. The fraction of sp³-hybridized carbons (Fsp3) is 0.562. The summed E-state index contributed by atoms with van der Waals surface area (Å²) in [7, 11) is 0. The Morgan fingerprint density at radius 2 is 1.79 bits per heavy atom. The first kappa shape index (κ1) is 14.4. The molecule has 1 aromatic carbocycles. The first-order chi connectivity index (χ1) is 8.65. The van der Waals surface area contributed by atoms with Crippen molar-refractivity contribution in [1.29, 1.82) is 0 Å². The molecule has 0 spiro atoms. The lowest BCUT2D eigenvalue weighted by Crippen LogP contribution is -2.10. The molecule has 1 aromatic heterocycles. The molecular weight excluding hydrogens is 254 g/mol. The van der Waals surface area contributed by atoms with Crippen molar-refractivity contribution in [3.8, 4) is 0 Å². The summed E-state index contributed by atoms with van der Waals surface area (Å²) in [6, 6.07) is 6.32. The van der Waals surface area contributed by atoms with E-state index < -0.39 is 0 Å². The van der Waals surface area contributed by atoms with Crippen LogP contribution in [0.5, 0.6) is 0 Å². The Kier molecular flexibility index (Phi) is 3.69. The topological polar surface area (TPSA) is 26.0 Å². The maximum atomic E-state index is 5.87. The molecule has 3 heteroatoms. The predicted octanol–water partition coefficient (Wildman–Crippen LogP) is 5.16. The van der Waals surface area contributed by atoms with Gasteiger partial charge in [0.25, 0.3) is 0 Å². The molecule has 0 saturated carbocycles. The molecule has 0 aliphatic rings. The van der Waals surface area contributed by atoms with Gasteiger partial charge in [0, 0.05) is 4.75 Å². The van der Waals surface area contributed by atoms with E-state index in [1.54, 1.807) is 0 Å². The molecule has 19 heavy (non-hydrogen) atoms. The second-order valence-corrected chi connectivity index (χ2v) is 8.74. The van der Waals surface area contributed by atoms with Gasteiger partial charge in [0.15, 0.2) is 5.58 Å². The zero-order chi connectivity index (χ0) is 14.3. The van der Waals surface area contributed by atoms with Crippen molar-refractivity contribution in [3.63, 3.8) is 0 Å². The standard InChI is InChI=1S/C16H23NOS/c1-15(2,3)11-7-8-12-13(9-11)18-14(17-12)10-19-16(4,5)6/h7-9H,10H2,1-6H3. The number of hydrogen-bond donors (Lipinski definition) is 0. The lowest BCUT2D eigenvalue weighted by molar-refractivity contribution is 0.550. The summed E-state index contributed by atoms with van der Waals surface area (Å²) in [5, 5.41) is 0. The third kappa shape index (κ3) is 3.75. The van der Waals surface area contributed by atoms with Crippen LogP contribution in [0.25, 0.3) is 11.1 Å². The third-order valence-corrected chi connectivity index (χ3v) is 4.18. The van der Waals surface area contributed by atoms with Gasteiger partial charge in [-0.25, -0.2) is 4.98 Å². The molecule has 0 atom stereocenters. The molecule has 0 unspecified atom stereocenters. The average molecular weight is 277 g/mol. The molecule has 0 aliphatic carbocycles. The quantitative estimate of drug-likeness (QED) is 0.758. The lowest BCUT2D eigenvalue weighted by Gasteiger charge is -2.18. The maximum absolute atomic E-state index is 5.87. The number of aromatic nitrogens is 1. The minimum Gasteiger partial charge on any atom is -0.440 e. The molecule has 2 aromatic rings. The summed E-state index contributed by atoms with van der Waals surface area (Å²) < 4.78 is 6.10. The SMILES string of the molecule is CC(C)(C)SCc1nc2ccc(C(C)(C)C)cc2o1. The van der Waals surface area contributed by atoms with Crippen LogP contribution in [0.1, 0.15) is 53.0 Å². The molecule has 0 aliphatic heterocycles. The van der Waals surface area contributed by atoms with Crippen LogP contribution in [0.4, 0.5) is 0 Å². The van der Waals surface area contributed by atoms with Gasteiger partial charge in [0.05, 0.1) is 5.75 Å². The molecule has 104 valence electrons. The third-order valence-electron chi connectivity index (χ3n) is 2.93. The van der Waals surface area contributed by atoms with Crippen LogP contribution in [0.2, 0.25) is 0 Å². The van der Waals surface area contributed by atoms with E-state index in [0.717, 1.165) is 22.7 Å². The first-order valence-corrected chi connectivity index (χ1v) is 7.68. The van der Waals surface area contributed by atoms with Gasteiger partial charge in [-0.3, -0.25) is 0 Å². The molecule has 0 fully saturated rings. The number of nitrogens with zero attached hydrogens (tertiary/aromatic N) is 1. The highest BCUT2D eigenvalue weighted by Gasteiger charge is 2.17. The number of rotatable bonds is 2. The van der Waals surface area contributed by atoms with Crippen molar-refractivity contribution >= 4 is 22.9 Å². The Morgan fingerprint density at radius 3 is 2.37 bits per heavy atom. The molecule has 0 saturated heterocycles. The van der Waals surface area contributed by atoms with E-state index in [0.29, 0.717) is 0 Å². The number of benzene rings is 1. The molecule has 1 heterocycles. The monoisotopic (exact) mass is 277 g/mol. The highest BCUT2D eigenvalue weighted by Crippen LogP contribution is 2.30. The molecule has 0 amide bonds. The summed E-state index contributed by atoms with van der Waals surface area (Å²) in [6.07, 6.45) is 0. The number of fused-ring (bicyclic) bond motifs is 1. The van der Waals surface area contributed by atoms with E-state index in [9.17, 15) is 0 Å². The Morgan fingerprint density at radius 1 is 1.11 bits per heavy atom. The summed E-state index contributed by atoms with van der Waals surface area (Å²) in [4.78, 5) is 4.55. The second-order valence-electron chi connectivity index (χ2n) is 6.94. The fourth-order valence-corrected chi connectivity index (χ4v) is 2.46. The van der Waals surface area contributed by atoms with Crippen LogP contribution >= 0.6 is 11.8 Å². The van der Waals surface area contributed by atoms with Crippen molar-refractivity contribution in [3.05, 3.63) is 29.7 Å². The molecule has 0 radical (unpaired) electrons. The molecule has 2 nitrogen and oxygen atoms in total. The smallest absolute Gasteiger partial charge is 0.205 e. The second kappa shape index (κ2) is 4.86. The fourth-order valence-electron chi connectivity index (χ4n) is 1.78. The highest BCUT2D eigenvalue weighted by molar-refractivity contribution is 7.99. The van der Waals surface area contributed by atoms with Crippen molar-refractivity contribution in [1.82, 2.24) is 4.98 Å². The van der Waals surface area contributed by atoms with Crippen LogP contribution in [-0.2, 0) is 11.2 Å². The van der Waals surface area contributed by atoms with Gasteiger partial charge in [-0.05, 0) is 23.1 Å². The van der Waals surface area contributed by atoms with Crippen LogP contribution in [0.15, 0.2) is 22.6 Å². The lowest BCUT2D eigenvalue weighted by atomic mass is 9.87. The van der Waals surface area contributed by atoms with Crippen molar-refractivity contribution < 1.29 is 4.42 Å². The normalized spacial score (nSPS) is 13.2. The van der Waals surface area contributed by atoms with E-state index in [2.05, 4.69) is 64.7 Å². The number of hydrogen-bond acceptors (Lipinski definition) is 3. The van der Waals surface area contributed by atoms with Crippen molar-refractivity contribution in [2.45, 2.75) is 57.5 Å². The van der Waals surface area contributed by atoms with Gasteiger partial charge in [0.1, 0.15) is 5.52 Å². The number of thioether (sulfide) groups is 1. The number of oxazole rings is 1. The largest absolute Gasteiger partial charge is 0.440 e. The van der Waals surface area contributed by atoms with E-state index in [1.807, 2.05) is 11.8 Å². The van der Waals surface area contributed by atoms with E-state index in [1.165, 1.54) is 5.56 Å². The molecule has 0 N–H and O–H groups in total. The van der Waals surface area contributed by atoms with Crippen LogP contribution < -0.4 is 0 Å². The van der Waals surface area contributed by atoms with Gasteiger partial charge in [-0.1, -0.05) is 47.6 Å². The van der Waals surface area contributed by atoms with Crippen LogP contribution in [0, 0.1) is 0 Å². The Labute approximate surface area is 120 Å². The van der Waals surface area contributed by atoms with E-state index >= 15 is 0 Å². The van der Waals surface area contributed by atoms with Crippen LogP contribution in [0.3, 0.4) is 0 Å². The predicted molar refractivity (Wildman–Crippen MR) is 83.8 cm³/mol. The van der Waals surface area contributed by atoms with E-state index in [-0.39, 0.29) is 10.2 Å². The van der Waals surface area contributed by atoms with Gasteiger partial charge in [0.2, 0.25) is 5.89 Å². The Balaban J connectivity index is 2.26. The van der Waals surface area contributed by atoms with Crippen LogP contribution in [-0.4, -0.2) is 9.73 Å². The van der Waals surface area contributed by atoms with Crippen molar-refractivity contribution in [2.75, 3.05) is 0 Å². The van der Waals surface area contributed by atoms with Gasteiger partial charge in [-0.2, -0.15) is 0 Å². The van der Waals surface area contributed by atoms with Gasteiger partial charge < -0.3 is 4.42 Å². The van der Waals surface area contributed by atoms with Gasteiger partial charge >= 0.3 is 0 Å². The summed E-state index contributed by atoms with van der Waals surface area (Å²) in [6.45, 7) is 13.2. The van der Waals surface area contributed by atoms with Crippen molar-refractivity contribution in [2.24, 2.45) is 0 Å². The van der Waals surface area contributed by atoms with Gasteiger partial charge in [-0.15, -0.1) is 11.8 Å². The summed E-state index contributed by atoms with van der Waals surface area (Å²) in [5.41, 5.74) is 3.28. The zero-order valence-corrected chi connectivity index (χ0v) is 13.5. The first-order valence-electron chi connectivity index (χ1n) is 6.69. The average Bonchev–Trinajstić information content (AvgIpc) is 2.65. The zero-order valence-electron chi connectivity index (χ0n) is 12.7. The molecular formula is C16H23NOS. The minimum atomic E-state index is 0.140. The maximum Gasteiger partial charge on any atom is 0.205 e. The summed E-state index contributed by atoms with van der Waals surface area (Å²) in [5.74, 6) is 1.64. The minimum absolute atomic E-state index is 0.140.